The van der Waals surface area contributed by atoms with Gasteiger partial charge in [0.15, 0.2) is 11.3 Å². The topological polar surface area (TPSA) is 109 Å². The molecule has 226 valence electrons. The highest BCUT2D eigenvalue weighted by Crippen LogP contribution is 2.24. The minimum atomic E-state index is -1.10. The third kappa shape index (κ3) is 9.36. The Kier molecular flexibility index (Phi) is 11.7. The van der Waals surface area contributed by atoms with E-state index >= 15 is 0 Å². The van der Waals surface area contributed by atoms with Crippen LogP contribution in [0, 0.1) is 0 Å². The van der Waals surface area contributed by atoms with Crippen LogP contribution < -0.4 is 11.1 Å². The maximum absolute atomic E-state index is 12.2. The summed E-state index contributed by atoms with van der Waals surface area (Å²) in [6, 6.07) is 2.20. The van der Waals surface area contributed by atoms with Crippen LogP contribution in [0.5, 0.6) is 0 Å². The SMILES string of the molecule is C[Si](C)(C)CCOCn1cc(Br)c2c(=O)[nH]c(Cl)nc21.Cn1c(Cl)nc2c(c(Br)cn2COCC[Si](C)(C)C)c1=O. The van der Waals surface area contributed by atoms with Crippen LogP contribution in [0.2, 0.25) is 61.9 Å². The summed E-state index contributed by atoms with van der Waals surface area (Å²) in [5.74, 6) is 0. The first-order chi connectivity index (χ1) is 19.0. The largest absolute Gasteiger partial charge is 0.361 e. The molecule has 0 fully saturated rings. The normalized spacial score (nSPS) is 12.3. The van der Waals surface area contributed by atoms with E-state index in [0.29, 0.717) is 57.7 Å². The number of rotatable bonds is 10. The van der Waals surface area contributed by atoms with Crippen molar-refractivity contribution in [2.75, 3.05) is 13.2 Å². The van der Waals surface area contributed by atoms with Crippen molar-refractivity contribution in [1.82, 2.24) is 28.7 Å². The second-order valence-corrected chi connectivity index (χ2v) is 25.7. The molecule has 10 nitrogen and oxygen atoms in total. The van der Waals surface area contributed by atoms with Gasteiger partial charge in [0.25, 0.3) is 11.1 Å². The van der Waals surface area contributed by atoms with Gasteiger partial charge in [-0.25, -0.2) is 9.97 Å². The van der Waals surface area contributed by atoms with Gasteiger partial charge in [0, 0.05) is 48.8 Å². The zero-order valence-electron chi connectivity index (χ0n) is 24.3. The van der Waals surface area contributed by atoms with Crippen molar-refractivity contribution in [2.24, 2.45) is 7.05 Å². The van der Waals surface area contributed by atoms with Gasteiger partial charge in [-0.05, 0) is 67.1 Å². The molecule has 0 aliphatic heterocycles. The molecular formula is C25H36Br2Cl2N6O4Si2. The number of aromatic nitrogens is 6. The predicted molar refractivity (Wildman–Crippen MR) is 179 cm³/mol. The van der Waals surface area contributed by atoms with Gasteiger partial charge in [0.1, 0.15) is 13.5 Å². The van der Waals surface area contributed by atoms with Crippen LogP contribution >= 0.6 is 55.1 Å². The van der Waals surface area contributed by atoms with Crippen LogP contribution in [-0.4, -0.2) is 58.0 Å². The van der Waals surface area contributed by atoms with Gasteiger partial charge >= 0.3 is 0 Å². The summed E-state index contributed by atoms with van der Waals surface area (Å²) in [6.45, 7) is 16.0. The number of halogens is 4. The van der Waals surface area contributed by atoms with Crippen molar-refractivity contribution >= 4 is 93.3 Å². The van der Waals surface area contributed by atoms with Gasteiger partial charge < -0.3 is 18.6 Å². The molecule has 0 radical (unpaired) electrons. The van der Waals surface area contributed by atoms with E-state index in [1.807, 2.05) is 6.20 Å². The highest BCUT2D eigenvalue weighted by molar-refractivity contribution is 9.11. The number of hydrogen-bond donors (Lipinski definition) is 1. The third-order valence-corrected chi connectivity index (χ3v) is 11.2. The predicted octanol–water partition coefficient (Wildman–Crippen LogP) is 6.92. The molecule has 0 atom stereocenters. The lowest BCUT2D eigenvalue weighted by molar-refractivity contribution is 0.0897. The number of ether oxygens (including phenoxy) is 2. The minimum absolute atomic E-state index is 0.0800. The van der Waals surface area contributed by atoms with E-state index in [0.717, 1.165) is 12.1 Å². The van der Waals surface area contributed by atoms with Gasteiger partial charge in [-0.3, -0.25) is 19.1 Å². The van der Waals surface area contributed by atoms with Crippen molar-refractivity contribution in [3.05, 3.63) is 52.6 Å². The van der Waals surface area contributed by atoms with Crippen LogP contribution in [-0.2, 0) is 30.0 Å². The summed E-state index contributed by atoms with van der Waals surface area (Å²) in [6.07, 6.45) is 3.60. The van der Waals surface area contributed by atoms with Crippen LogP contribution in [0.3, 0.4) is 0 Å². The average Bonchev–Trinajstić information content (AvgIpc) is 3.33. The Morgan fingerprint density at radius 2 is 1.29 bits per heavy atom. The van der Waals surface area contributed by atoms with Crippen LogP contribution in [0.4, 0.5) is 0 Å². The molecule has 0 aliphatic carbocycles. The summed E-state index contributed by atoms with van der Waals surface area (Å²) < 4.78 is 17.7. The monoisotopic (exact) mass is 768 g/mol. The average molecular weight is 771 g/mol. The molecule has 16 heteroatoms. The minimum Gasteiger partial charge on any atom is -0.361 e. The molecule has 0 aliphatic rings. The second-order valence-electron chi connectivity index (χ2n) is 12.1. The van der Waals surface area contributed by atoms with E-state index in [1.54, 1.807) is 22.4 Å². The molecule has 4 aromatic heterocycles. The Morgan fingerprint density at radius 3 is 1.78 bits per heavy atom. The first kappa shape index (κ1) is 34.2. The van der Waals surface area contributed by atoms with Crippen LogP contribution in [0.1, 0.15) is 0 Å². The number of nitrogens with one attached hydrogen (secondary N) is 1. The van der Waals surface area contributed by atoms with E-state index < -0.39 is 16.1 Å². The molecule has 0 saturated heterocycles. The van der Waals surface area contributed by atoms with Crippen molar-refractivity contribution in [2.45, 2.75) is 64.8 Å². The molecular weight excluding hydrogens is 735 g/mol. The number of aromatic amines is 1. The van der Waals surface area contributed by atoms with Gasteiger partial charge in [0.2, 0.25) is 10.6 Å². The molecule has 1 N–H and O–H groups in total. The summed E-state index contributed by atoms with van der Waals surface area (Å²) in [4.78, 5) is 34.9. The molecule has 4 heterocycles. The van der Waals surface area contributed by atoms with E-state index in [9.17, 15) is 9.59 Å². The summed E-state index contributed by atoms with van der Waals surface area (Å²) >= 11 is 18.5. The van der Waals surface area contributed by atoms with E-state index in [2.05, 4.69) is 86.1 Å². The lowest BCUT2D eigenvalue weighted by Gasteiger charge is -2.15. The van der Waals surface area contributed by atoms with E-state index in [-0.39, 0.29) is 21.7 Å². The Hall–Kier alpha value is -1.27. The fraction of sp³-hybridized carbons (Fsp3) is 0.520. The Labute approximate surface area is 267 Å². The maximum atomic E-state index is 12.2. The molecule has 0 unspecified atom stereocenters. The zero-order chi connectivity index (χ0) is 30.7. The van der Waals surface area contributed by atoms with Gasteiger partial charge in [-0.1, -0.05) is 39.3 Å². The van der Waals surface area contributed by atoms with Crippen molar-refractivity contribution in [1.29, 1.82) is 0 Å². The smallest absolute Gasteiger partial charge is 0.264 e. The second kappa shape index (κ2) is 14.0. The summed E-state index contributed by atoms with van der Waals surface area (Å²) in [5, 5.41) is 1.26. The number of hydrogen-bond acceptors (Lipinski definition) is 6. The number of H-pyrrole nitrogens is 1. The van der Waals surface area contributed by atoms with Gasteiger partial charge in [-0.2, -0.15) is 0 Å². The van der Waals surface area contributed by atoms with Crippen LogP contribution in [0.15, 0.2) is 30.9 Å². The van der Waals surface area contributed by atoms with E-state index in [4.69, 9.17) is 32.7 Å². The molecule has 0 spiro atoms. The molecule has 0 amide bonds. The highest BCUT2D eigenvalue weighted by atomic mass is 79.9. The standard InChI is InChI=1S/C13H19BrClN3O2Si.C12H17BrClN3O2Si/c1-17-12(19)10-9(14)7-18(11(10)16-13(17)15)8-20-5-6-21(2,3)4;1-20(2,3)5-4-19-7-17-6-8(13)9-10(17)15-12(14)16-11(9)18/h7H,5-6,8H2,1-4H3;6H,4-5,7H2,1-3H3,(H,15,16,18). The molecule has 41 heavy (non-hydrogen) atoms. The van der Waals surface area contributed by atoms with Crippen molar-refractivity contribution in [3.8, 4) is 0 Å². The molecule has 4 aromatic rings. The number of nitrogens with zero attached hydrogens (tertiary/aromatic N) is 5. The lowest BCUT2D eigenvalue weighted by atomic mass is 10.4. The third-order valence-electron chi connectivity index (χ3n) is 6.10. The quantitative estimate of drug-likeness (QED) is 0.107. The van der Waals surface area contributed by atoms with Gasteiger partial charge in [0.05, 0.1) is 19.7 Å². The summed E-state index contributed by atoms with van der Waals surface area (Å²) in [5.41, 5.74) is 0.645. The first-order valence-corrected chi connectivity index (χ1v) is 22.7. The lowest BCUT2D eigenvalue weighted by Crippen LogP contribution is -2.22. The first-order valence-electron chi connectivity index (χ1n) is 13.0. The van der Waals surface area contributed by atoms with Crippen molar-refractivity contribution in [3.63, 3.8) is 0 Å². The van der Waals surface area contributed by atoms with E-state index in [1.165, 1.54) is 4.57 Å². The van der Waals surface area contributed by atoms with Gasteiger partial charge in [-0.15, -0.1) is 0 Å². The fourth-order valence-electron chi connectivity index (χ4n) is 3.64. The Bertz CT molecular complexity index is 1640. The van der Waals surface area contributed by atoms with Crippen LogP contribution in [0.25, 0.3) is 22.1 Å². The summed E-state index contributed by atoms with van der Waals surface area (Å²) in [7, 11) is -0.597. The molecule has 0 bridgehead atoms. The van der Waals surface area contributed by atoms with Crippen molar-refractivity contribution < 1.29 is 9.47 Å². The fourth-order valence-corrected chi connectivity index (χ4v) is 6.68. The molecule has 0 saturated carbocycles. The Morgan fingerprint density at radius 1 is 0.829 bits per heavy atom. The number of fused-ring (bicyclic) bond motifs is 2. The Balaban J connectivity index is 0.000000226. The molecule has 4 rings (SSSR count). The highest BCUT2D eigenvalue weighted by Gasteiger charge is 2.17. The molecule has 0 aromatic carbocycles. The zero-order valence-corrected chi connectivity index (χ0v) is 31.0. The maximum Gasteiger partial charge on any atom is 0.264 e.